The molecule has 1 heterocycles. The maximum Gasteiger partial charge on any atom is 0.245 e. The van der Waals surface area contributed by atoms with Gasteiger partial charge in [-0.15, -0.1) is 0 Å². The molecule has 0 radical (unpaired) electrons. The number of fused-ring (bicyclic) bond motifs is 1. The van der Waals surface area contributed by atoms with Gasteiger partial charge in [-0.05, 0) is 18.2 Å². The van der Waals surface area contributed by atoms with E-state index in [0.29, 0.717) is 12.5 Å². The molecule has 0 bridgehead atoms. The third-order valence-corrected chi connectivity index (χ3v) is 4.12. The van der Waals surface area contributed by atoms with E-state index in [1.54, 1.807) is 6.08 Å². The summed E-state index contributed by atoms with van der Waals surface area (Å²) >= 11 is 0. The topological polar surface area (TPSA) is 66.0 Å². The minimum absolute atomic E-state index is 0.0938. The molecule has 3 aromatic rings. The molecular formula is C21H16F2N2O2. The van der Waals surface area contributed by atoms with Crippen LogP contribution in [-0.2, 0) is 11.2 Å². The predicted octanol–water partition coefficient (Wildman–Crippen LogP) is 4.67. The Hall–Kier alpha value is -3.46. The predicted molar refractivity (Wildman–Crippen MR) is 97.5 cm³/mol. The molecule has 0 aliphatic rings. The smallest absolute Gasteiger partial charge is 0.245 e. The first kappa shape index (κ1) is 18.3. The molecule has 1 atom stereocenters. The molecule has 136 valence electrons. The third kappa shape index (κ3) is 3.87. The molecule has 2 aromatic carbocycles. The second kappa shape index (κ2) is 7.83. The Morgan fingerprint density at radius 3 is 2.78 bits per heavy atom. The molecule has 0 saturated heterocycles. The van der Waals surface area contributed by atoms with Crippen molar-refractivity contribution in [3.05, 3.63) is 77.1 Å². The van der Waals surface area contributed by atoms with Crippen molar-refractivity contribution < 1.29 is 18.0 Å². The van der Waals surface area contributed by atoms with Gasteiger partial charge in [-0.2, -0.15) is 5.26 Å². The molecule has 1 N–H and O–H groups in total. The van der Waals surface area contributed by atoms with Gasteiger partial charge in [0.25, 0.3) is 0 Å². The molecule has 0 aliphatic heterocycles. The van der Waals surface area contributed by atoms with Gasteiger partial charge in [-0.3, -0.25) is 4.79 Å². The minimum atomic E-state index is -1.23. The van der Waals surface area contributed by atoms with Gasteiger partial charge in [0.2, 0.25) is 5.91 Å². The fourth-order valence-electron chi connectivity index (χ4n) is 2.83. The quantitative estimate of drug-likeness (QED) is 0.668. The maximum absolute atomic E-state index is 13.8. The van der Waals surface area contributed by atoms with E-state index in [-0.39, 0.29) is 5.56 Å². The molecule has 0 aliphatic carbocycles. The largest absolute Gasteiger partial charge is 0.460 e. The first-order valence-corrected chi connectivity index (χ1v) is 8.37. The lowest BCUT2D eigenvalue weighted by Crippen LogP contribution is -2.26. The number of rotatable bonds is 5. The first-order valence-electron chi connectivity index (χ1n) is 8.37. The number of carbonyl (C=O) groups excluding carboxylic acids is 1. The summed E-state index contributed by atoms with van der Waals surface area (Å²) in [7, 11) is 0. The van der Waals surface area contributed by atoms with Gasteiger partial charge in [0.1, 0.15) is 29.0 Å². The van der Waals surface area contributed by atoms with E-state index in [1.807, 2.05) is 37.3 Å². The van der Waals surface area contributed by atoms with Gasteiger partial charge >= 0.3 is 0 Å². The fraction of sp³-hybridized carbons (Fsp3) is 0.143. The highest BCUT2D eigenvalue weighted by molar-refractivity contribution is 5.96. The number of nitriles is 1. The monoisotopic (exact) mass is 366 g/mol. The molecule has 1 aromatic heterocycles. The van der Waals surface area contributed by atoms with E-state index in [0.717, 1.165) is 34.4 Å². The van der Waals surface area contributed by atoms with Crippen LogP contribution in [-0.4, -0.2) is 5.91 Å². The summed E-state index contributed by atoms with van der Waals surface area (Å²) < 4.78 is 32.6. The standard InChI is InChI=1S/C21H16F2N2O2/c1-2-19-15(14-5-3-4-6-20(14)27-19)9-10-21(26)25-18(12-24)16-8-7-13(22)11-17(16)23/h3-11,18H,2H2,1H3,(H,25,26)/b10-9+. The summed E-state index contributed by atoms with van der Waals surface area (Å²) in [6.07, 6.45) is 3.52. The average Bonchev–Trinajstić information content (AvgIpc) is 3.02. The van der Waals surface area contributed by atoms with E-state index < -0.39 is 23.6 Å². The molecule has 3 rings (SSSR count). The Labute approximate surface area is 154 Å². The molecule has 0 spiro atoms. The summed E-state index contributed by atoms with van der Waals surface area (Å²) in [6, 6.07) is 10.9. The number of aryl methyl sites for hydroxylation is 1. The SMILES string of the molecule is CCc1oc2ccccc2c1/C=C/C(=O)NC(C#N)c1ccc(F)cc1F. The Morgan fingerprint density at radius 1 is 1.30 bits per heavy atom. The fourth-order valence-corrected chi connectivity index (χ4v) is 2.83. The number of carbonyl (C=O) groups is 1. The van der Waals surface area contributed by atoms with Gasteiger partial charge in [-0.25, -0.2) is 8.78 Å². The second-order valence-electron chi connectivity index (χ2n) is 5.86. The number of nitrogens with one attached hydrogen (secondary N) is 1. The van der Waals surface area contributed by atoms with Crippen LogP contribution in [0.1, 0.15) is 29.9 Å². The molecule has 27 heavy (non-hydrogen) atoms. The third-order valence-electron chi connectivity index (χ3n) is 4.12. The summed E-state index contributed by atoms with van der Waals surface area (Å²) in [4.78, 5) is 12.2. The Balaban J connectivity index is 1.82. The van der Waals surface area contributed by atoms with Crippen molar-refractivity contribution >= 4 is 23.0 Å². The lowest BCUT2D eigenvalue weighted by molar-refractivity contribution is -0.116. The number of furan rings is 1. The highest BCUT2D eigenvalue weighted by Crippen LogP contribution is 2.27. The summed E-state index contributed by atoms with van der Waals surface area (Å²) in [5.74, 6) is -1.47. The van der Waals surface area contributed by atoms with Crippen LogP contribution in [0.4, 0.5) is 8.78 Å². The Bertz CT molecular complexity index is 1060. The number of hydrogen-bond donors (Lipinski definition) is 1. The minimum Gasteiger partial charge on any atom is -0.460 e. The number of hydrogen-bond acceptors (Lipinski definition) is 3. The van der Waals surface area contributed by atoms with Gasteiger partial charge in [0.15, 0.2) is 0 Å². The Morgan fingerprint density at radius 2 is 2.07 bits per heavy atom. The molecule has 1 unspecified atom stereocenters. The summed E-state index contributed by atoms with van der Waals surface area (Å²) in [5.41, 5.74) is 1.41. The van der Waals surface area contributed by atoms with Crippen LogP contribution in [0, 0.1) is 23.0 Å². The van der Waals surface area contributed by atoms with Crippen molar-refractivity contribution in [2.75, 3.05) is 0 Å². The number of nitrogens with zero attached hydrogens (tertiary/aromatic N) is 1. The van der Waals surface area contributed by atoms with Gasteiger partial charge in [0, 0.05) is 35.1 Å². The van der Waals surface area contributed by atoms with E-state index in [2.05, 4.69) is 5.32 Å². The first-order chi connectivity index (χ1) is 13.0. The van der Waals surface area contributed by atoms with Crippen LogP contribution in [0.15, 0.2) is 53.0 Å². The Kier molecular flexibility index (Phi) is 5.32. The maximum atomic E-state index is 13.8. The van der Waals surface area contributed by atoms with E-state index in [9.17, 15) is 18.8 Å². The van der Waals surface area contributed by atoms with Crippen LogP contribution in [0.25, 0.3) is 17.0 Å². The van der Waals surface area contributed by atoms with Crippen LogP contribution in [0.2, 0.25) is 0 Å². The zero-order chi connectivity index (χ0) is 19.4. The van der Waals surface area contributed by atoms with Crippen LogP contribution >= 0.6 is 0 Å². The van der Waals surface area contributed by atoms with Crippen LogP contribution in [0.3, 0.4) is 0 Å². The molecular weight excluding hydrogens is 350 g/mol. The summed E-state index contributed by atoms with van der Waals surface area (Å²) in [5, 5.41) is 12.5. The normalized spacial score (nSPS) is 12.2. The van der Waals surface area contributed by atoms with Gasteiger partial charge < -0.3 is 9.73 Å². The van der Waals surface area contributed by atoms with Crippen molar-refractivity contribution in [3.8, 4) is 6.07 Å². The molecule has 6 heteroatoms. The number of para-hydroxylation sites is 1. The molecule has 0 saturated carbocycles. The van der Waals surface area contributed by atoms with E-state index >= 15 is 0 Å². The van der Waals surface area contributed by atoms with E-state index in [4.69, 9.17) is 4.42 Å². The van der Waals surface area contributed by atoms with Crippen molar-refractivity contribution in [2.24, 2.45) is 0 Å². The number of amides is 1. The second-order valence-corrected chi connectivity index (χ2v) is 5.86. The highest BCUT2D eigenvalue weighted by Gasteiger charge is 2.17. The van der Waals surface area contributed by atoms with Gasteiger partial charge in [0.05, 0.1) is 6.07 Å². The van der Waals surface area contributed by atoms with E-state index in [1.165, 1.54) is 6.08 Å². The van der Waals surface area contributed by atoms with Crippen LogP contribution in [0.5, 0.6) is 0 Å². The summed E-state index contributed by atoms with van der Waals surface area (Å²) in [6.45, 7) is 1.94. The van der Waals surface area contributed by atoms with Crippen molar-refractivity contribution in [1.82, 2.24) is 5.32 Å². The number of benzene rings is 2. The highest BCUT2D eigenvalue weighted by atomic mass is 19.1. The average molecular weight is 366 g/mol. The van der Waals surface area contributed by atoms with Crippen molar-refractivity contribution in [2.45, 2.75) is 19.4 Å². The van der Waals surface area contributed by atoms with Crippen molar-refractivity contribution in [3.63, 3.8) is 0 Å². The zero-order valence-corrected chi connectivity index (χ0v) is 14.5. The van der Waals surface area contributed by atoms with Gasteiger partial charge in [-0.1, -0.05) is 31.2 Å². The lowest BCUT2D eigenvalue weighted by atomic mass is 10.1. The molecule has 4 nitrogen and oxygen atoms in total. The van der Waals surface area contributed by atoms with Crippen molar-refractivity contribution in [1.29, 1.82) is 5.26 Å². The van der Waals surface area contributed by atoms with Crippen LogP contribution < -0.4 is 5.32 Å². The zero-order valence-electron chi connectivity index (χ0n) is 14.5. The lowest BCUT2D eigenvalue weighted by Gasteiger charge is -2.11. The molecule has 0 fully saturated rings. The number of halogens is 2. The molecule has 1 amide bonds.